The zero-order valence-electron chi connectivity index (χ0n) is 19.8. The molecule has 2 aliphatic heterocycles. The first-order chi connectivity index (χ1) is 16.3. The topological polar surface area (TPSA) is 133 Å². The predicted octanol–water partition coefficient (Wildman–Crippen LogP) is 1.05. The number of nitrogens with two attached hydrogens (primary N) is 1. The normalized spacial score (nSPS) is 20.7. The number of aliphatic hydroxyl groups excluding tert-OH is 1. The number of aromatic nitrogens is 3. The molecule has 1 atom stereocenters. The molecule has 10 nitrogen and oxygen atoms in total. The van der Waals surface area contributed by atoms with Gasteiger partial charge in [0.1, 0.15) is 17.5 Å². The summed E-state index contributed by atoms with van der Waals surface area (Å²) in [6, 6.07) is 3.91. The number of β-amino-alcohol motifs (C(OH)–C–C–N with tert-alkyl or cyclic N) is 1. The first kappa shape index (κ1) is 24.2. The minimum Gasteiger partial charge on any atom is -0.395 e. The number of nitrogens with zero attached hydrogens (tertiary/aromatic N) is 5. The summed E-state index contributed by atoms with van der Waals surface area (Å²) >= 11 is 1.33. The zero-order valence-corrected chi connectivity index (χ0v) is 20.7. The van der Waals surface area contributed by atoms with Crippen molar-refractivity contribution in [2.75, 3.05) is 49.5 Å². The Morgan fingerprint density at radius 3 is 2.71 bits per heavy atom. The molecule has 1 unspecified atom stereocenters. The van der Waals surface area contributed by atoms with Gasteiger partial charge in [-0.2, -0.15) is 0 Å². The summed E-state index contributed by atoms with van der Waals surface area (Å²) in [6.07, 6.45) is 4.19. The Hall–Kier alpha value is -2.89. The molecule has 0 saturated carbocycles. The molecule has 2 aliphatic rings. The number of carbonyl (C=O) groups is 1. The van der Waals surface area contributed by atoms with Crippen molar-refractivity contribution in [1.29, 1.82) is 0 Å². The maximum absolute atomic E-state index is 12.0. The van der Waals surface area contributed by atoms with Gasteiger partial charge in [-0.05, 0) is 31.9 Å². The van der Waals surface area contributed by atoms with Gasteiger partial charge in [0.05, 0.1) is 11.5 Å². The summed E-state index contributed by atoms with van der Waals surface area (Å²) in [7, 11) is 0. The van der Waals surface area contributed by atoms with Crippen molar-refractivity contribution in [2.24, 2.45) is 5.73 Å². The van der Waals surface area contributed by atoms with Crippen LogP contribution in [0.15, 0.2) is 29.4 Å². The number of aliphatic hydroxyl groups is 1. The van der Waals surface area contributed by atoms with Crippen LogP contribution in [0.4, 0.5) is 11.6 Å². The number of thioether (sulfide) groups is 1. The number of rotatable bonds is 8. The zero-order chi connectivity index (χ0) is 24.3. The molecule has 182 valence electrons. The summed E-state index contributed by atoms with van der Waals surface area (Å²) < 4.78 is 0. The van der Waals surface area contributed by atoms with Gasteiger partial charge in [0.2, 0.25) is 0 Å². The summed E-state index contributed by atoms with van der Waals surface area (Å²) in [5, 5.41) is 16.1. The van der Waals surface area contributed by atoms with Gasteiger partial charge in [0.15, 0.2) is 4.99 Å². The third-order valence-electron chi connectivity index (χ3n) is 6.08. The van der Waals surface area contributed by atoms with Crippen molar-refractivity contribution in [3.63, 3.8) is 0 Å². The molecule has 1 amide bonds. The number of hydrogen-bond donors (Lipinski definition) is 4. The Morgan fingerprint density at radius 2 is 2.06 bits per heavy atom. The highest BCUT2D eigenvalue weighted by Crippen LogP contribution is 2.45. The highest BCUT2D eigenvalue weighted by Gasteiger charge is 2.42. The first-order valence-electron chi connectivity index (χ1n) is 11.5. The van der Waals surface area contributed by atoms with Crippen molar-refractivity contribution in [2.45, 2.75) is 32.2 Å². The van der Waals surface area contributed by atoms with Gasteiger partial charge >= 0.3 is 0 Å². The molecule has 0 radical (unpaired) electrons. The third kappa shape index (κ3) is 4.96. The monoisotopic (exact) mass is 484 g/mol. The van der Waals surface area contributed by atoms with Crippen LogP contribution in [0, 0.1) is 13.8 Å². The van der Waals surface area contributed by atoms with Crippen LogP contribution in [0.5, 0.6) is 0 Å². The number of piperazine rings is 1. The molecule has 1 saturated heterocycles. The second-order valence-electron chi connectivity index (χ2n) is 8.44. The molecular weight excluding hydrogens is 452 g/mol. The van der Waals surface area contributed by atoms with Crippen LogP contribution >= 0.6 is 11.8 Å². The SMILES string of the molecule is CCc1nccc(C)c1C1(Nc2cc(N3CCN(CCO)CC3)nc(C)n2)NC=C(C(N)=O)S1. The average molecular weight is 485 g/mol. The summed E-state index contributed by atoms with van der Waals surface area (Å²) in [6.45, 7) is 10.2. The minimum atomic E-state index is -0.883. The molecule has 0 aromatic carbocycles. The Kier molecular flexibility index (Phi) is 7.24. The van der Waals surface area contributed by atoms with Crippen LogP contribution in [-0.2, 0) is 16.2 Å². The quantitative estimate of drug-likeness (QED) is 0.431. The highest BCUT2D eigenvalue weighted by atomic mass is 32.2. The van der Waals surface area contributed by atoms with E-state index in [9.17, 15) is 9.90 Å². The molecule has 0 bridgehead atoms. The van der Waals surface area contributed by atoms with Gasteiger partial charge in [0, 0.05) is 62.4 Å². The molecule has 0 spiro atoms. The van der Waals surface area contributed by atoms with E-state index in [1.165, 1.54) is 11.8 Å². The molecule has 2 aromatic rings. The van der Waals surface area contributed by atoms with E-state index in [0.717, 1.165) is 55.2 Å². The number of pyridine rings is 1. The molecule has 0 aliphatic carbocycles. The largest absolute Gasteiger partial charge is 0.395 e. The maximum Gasteiger partial charge on any atom is 0.256 e. The van der Waals surface area contributed by atoms with Gasteiger partial charge in [0.25, 0.3) is 5.91 Å². The van der Waals surface area contributed by atoms with E-state index in [0.29, 0.717) is 23.1 Å². The molecular formula is C23H32N8O2S. The van der Waals surface area contributed by atoms with Crippen LogP contribution < -0.4 is 21.3 Å². The fourth-order valence-corrected chi connectivity index (χ4v) is 5.63. The van der Waals surface area contributed by atoms with E-state index in [-0.39, 0.29) is 6.61 Å². The lowest BCUT2D eigenvalue weighted by atomic mass is 10.0. The lowest BCUT2D eigenvalue weighted by molar-refractivity contribution is -0.113. The molecule has 11 heteroatoms. The first-order valence-corrected chi connectivity index (χ1v) is 12.3. The number of carbonyl (C=O) groups excluding carboxylic acids is 1. The van der Waals surface area contributed by atoms with E-state index >= 15 is 0 Å². The van der Waals surface area contributed by atoms with E-state index in [4.69, 9.17) is 5.73 Å². The third-order valence-corrected chi connectivity index (χ3v) is 7.35. The van der Waals surface area contributed by atoms with Gasteiger partial charge < -0.3 is 26.4 Å². The van der Waals surface area contributed by atoms with Gasteiger partial charge in [-0.15, -0.1) is 0 Å². The van der Waals surface area contributed by atoms with Crippen LogP contribution in [-0.4, -0.2) is 70.2 Å². The Balaban J connectivity index is 1.67. The smallest absolute Gasteiger partial charge is 0.256 e. The van der Waals surface area contributed by atoms with Crippen molar-refractivity contribution in [3.05, 3.63) is 52.1 Å². The number of aryl methyl sites for hydroxylation is 3. The van der Waals surface area contributed by atoms with Crippen LogP contribution in [0.25, 0.3) is 0 Å². The van der Waals surface area contributed by atoms with E-state index in [1.807, 2.05) is 26.0 Å². The second kappa shape index (κ2) is 10.2. The number of anilines is 2. The number of nitrogens with one attached hydrogen (secondary N) is 2. The van der Waals surface area contributed by atoms with Crippen LogP contribution in [0.3, 0.4) is 0 Å². The standard InChI is InChI=1S/C23H32N8O2S/c1-4-17-21(15(2)5-6-25-17)23(26-14-18(34-23)22(24)33)29-19-13-20(28-16(3)27-19)31-9-7-30(8-10-31)11-12-32/h5-6,13-14,26,32H,4,7-12H2,1-3H3,(H2,24,33)(H,27,28,29). The van der Waals surface area contributed by atoms with Crippen molar-refractivity contribution in [1.82, 2.24) is 25.2 Å². The highest BCUT2D eigenvalue weighted by molar-refractivity contribution is 8.05. The molecule has 5 N–H and O–H groups in total. The van der Waals surface area contributed by atoms with Crippen LogP contribution in [0.1, 0.15) is 29.6 Å². The van der Waals surface area contributed by atoms with Gasteiger partial charge in [-0.25, -0.2) is 9.97 Å². The number of hydrogen-bond acceptors (Lipinski definition) is 10. The van der Waals surface area contributed by atoms with E-state index in [2.05, 4.69) is 42.3 Å². The Bertz CT molecular complexity index is 1090. The molecule has 2 aromatic heterocycles. The lowest BCUT2D eigenvalue weighted by Crippen LogP contribution is -2.47. The average Bonchev–Trinajstić information content (AvgIpc) is 3.24. The minimum absolute atomic E-state index is 0.169. The fourth-order valence-electron chi connectivity index (χ4n) is 4.42. The predicted molar refractivity (Wildman–Crippen MR) is 134 cm³/mol. The Labute approximate surface area is 204 Å². The van der Waals surface area contributed by atoms with E-state index < -0.39 is 10.9 Å². The molecule has 34 heavy (non-hydrogen) atoms. The van der Waals surface area contributed by atoms with Gasteiger partial charge in [-0.1, -0.05) is 18.7 Å². The maximum atomic E-state index is 12.0. The lowest BCUT2D eigenvalue weighted by Gasteiger charge is -2.36. The fraction of sp³-hybridized carbons (Fsp3) is 0.478. The summed E-state index contributed by atoms with van der Waals surface area (Å²) in [5.74, 6) is 1.65. The van der Waals surface area contributed by atoms with E-state index in [1.54, 1.807) is 12.4 Å². The van der Waals surface area contributed by atoms with Crippen molar-refractivity contribution < 1.29 is 9.90 Å². The second-order valence-corrected chi connectivity index (χ2v) is 9.70. The summed E-state index contributed by atoms with van der Waals surface area (Å²) in [5.41, 5.74) is 8.55. The molecule has 4 rings (SSSR count). The number of primary amides is 1. The number of amides is 1. The Morgan fingerprint density at radius 1 is 1.29 bits per heavy atom. The van der Waals surface area contributed by atoms with Gasteiger partial charge in [-0.3, -0.25) is 14.7 Å². The molecule has 1 fully saturated rings. The molecule has 4 heterocycles. The van der Waals surface area contributed by atoms with Crippen molar-refractivity contribution >= 4 is 29.3 Å². The van der Waals surface area contributed by atoms with Crippen molar-refractivity contribution in [3.8, 4) is 0 Å². The van der Waals surface area contributed by atoms with Crippen LogP contribution in [0.2, 0.25) is 0 Å². The summed E-state index contributed by atoms with van der Waals surface area (Å²) in [4.78, 5) is 29.9.